The van der Waals surface area contributed by atoms with Crippen LogP contribution in [-0.2, 0) is 23.9 Å². The number of carbonyl (C=O) groups is 3. The van der Waals surface area contributed by atoms with Crippen molar-refractivity contribution in [3.8, 4) is 0 Å². The Morgan fingerprint density at radius 1 is 0.911 bits per heavy atom. The fourth-order valence-corrected chi connectivity index (χ4v) is 11.9. The van der Waals surface area contributed by atoms with Crippen LogP contribution in [0.2, 0.25) is 0 Å². The summed E-state index contributed by atoms with van der Waals surface area (Å²) in [5, 5.41) is 40.2. The number of aliphatic carboxylic acids is 2. The van der Waals surface area contributed by atoms with Gasteiger partial charge in [-0.2, -0.15) is 0 Å². The monoisotopic (exact) mass is 630 g/mol. The minimum atomic E-state index is -1.55. The molecule has 4 saturated carbocycles. The lowest BCUT2D eigenvalue weighted by molar-refractivity contribution is -0.290. The summed E-state index contributed by atoms with van der Waals surface area (Å²) in [6.07, 6.45) is 3.84. The first kappa shape index (κ1) is 33.1. The van der Waals surface area contributed by atoms with E-state index in [0.717, 1.165) is 38.5 Å². The van der Waals surface area contributed by atoms with Gasteiger partial charge in [0.15, 0.2) is 18.2 Å². The number of carboxylic acids is 2. The molecule has 9 heteroatoms. The van der Waals surface area contributed by atoms with Gasteiger partial charge in [0, 0.05) is 12.3 Å². The van der Waals surface area contributed by atoms with Crippen molar-refractivity contribution in [2.75, 3.05) is 0 Å². The summed E-state index contributed by atoms with van der Waals surface area (Å²) >= 11 is 0. The van der Waals surface area contributed by atoms with E-state index in [2.05, 4.69) is 41.5 Å². The fourth-order valence-electron chi connectivity index (χ4n) is 11.9. The molecule has 0 amide bonds. The number of fused-ring (bicyclic) bond motifs is 7. The maximum absolute atomic E-state index is 14.6. The lowest BCUT2D eigenvalue weighted by Crippen LogP contribution is -2.67. The third-order valence-corrected chi connectivity index (χ3v) is 15.0. The molecule has 0 spiro atoms. The van der Waals surface area contributed by atoms with Crippen molar-refractivity contribution in [1.82, 2.24) is 0 Å². The number of aliphatic hydroxyl groups excluding tert-OH is 2. The van der Waals surface area contributed by atoms with Crippen LogP contribution in [0.1, 0.15) is 113 Å². The maximum atomic E-state index is 14.6. The first-order valence-electron chi connectivity index (χ1n) is 17.1. The van der Waals surface area contributed by atoms with Gasteiger partial charge in [0.25, 0.3) is 0 Å². The quantitative estimate of drug-likeness (QED) is 0.301. The van der Waals surface area contributed by atoms with E-state index >= 15 is 0 Å². The van der Waals surface area contributed by atoms with Crippen molar-refractivity contribution in [2.24, 2.45) is 50.2 Å². The third kappa shape index (κ3) is 4.56. The SMILES string of the molecule is CC1(C)C2CC[C@]3(C)C(C(=O)C=C4C5C[C@@](C)(C(=O)O)CC[C@]5(C)CC[C@]43C)[C@@]2(C)CC[C@@H]1OC1CC(O)C(O)C(C(=O)O)O1. The van der Waals surface area contributed by atoms with Crippen molar-refractivity contribution in [3.63, 3.8) is 0 Å². The highest BCUT2D eigenvalue weighted by atomic mass is 16.7. The predicted octanol–water partition coefficient (Wildman–Crippen LogP) is 5.36. The Hall–Kier alpha value is -1.81. The molecule has 0 radical (unpaired) electrons. The molecular formula is C36H54O9. The number of hydrogen-bond acceptors (Lipinski definition) is 7. The number of hydrogen-bond donors (Lipinski definition) is 4. The molecule has 6 aliphatic rings. The van der Waals surface area contributed by atoms with Crippen LogP contribution in [-0.4, -0.2) is 68.9 Å². The Balaban J connectivity index is 1.30. The topological polar surface area (TPSA) is 151 Å². The smallest absolute Gasteiger partial charge is 0.335 e. The van der Waals surface area contributed by atoms with Crippen molar-refractivity contribution in [1.29, 1.82) is 0 Å². The maximum Gasteiger partial charge on any atom is 0.335 e. The Labute approximate surface area is 267 Å². The van der Waals surface area contributed by atoms with Gasteiger partial charge in [-0.3, -0.25) is 9.59 Å². The molecule has 6 rings (SSSR count). The van der Waals surface area contributed by atoms with Crippen LogP contribution in [0.3, 0.4) is 0 Å². The van der Waals surface area contributed by atoms with E-state index in [1.165, 1.54) is 5.57 Å². The molecule has 9 nitrogen and oxygen atoms in total. The highest BCUT2D eigenvalue weighted by Crippen LogP contribution is 2.75. The molecule has 1 saturated heterocycles. The van der Waals surface area contributed by atoms with Crippen LogP contribution in [0, 0.1) is 50.2 Å². The molecule has 1 heterocycles. The van der Waals surface area contributed by atoms with E-state index in [1.54, 1.807) is 0 Å². The van der Waals surface area contributed by atoms with Gasteiger partial charge in [0.05, 0.1) is 17.6 Å². The predicted molar refractivity (Wildman–Crippen MR) is 165 cm³/mol. The minimum absolute atomic E-state index is 0.00668. The summed E-state index contributed by atoms with van der Waals surface area (Å²) < 4.78 is 12.1. The van der Waals surface area contributed by atoms with E-state index < -0.39 is 42.0 Å². The number of carboxylic acid groups (broad SMARTS) is 2. The first-order valence-corrected chi connectivity index (χ1v) is 17.1. The molecule has 5 fully saturated rings. The molecule has 4 N–H and O–H groups in total. The second-order valence-electron chi connectivity index (χ2n) is 17.7. The standard InChI is InChI=1S/C36H54O9/c1-31(2)23-8-11-36(7)28(34(23,5)10-9-24(31)44-25-17-21(37)26(39)27(45-25)29(40)41)22(38)16-19-20-18-33(4,30(42)43)13-12-32(20,3)14-15-35(19,36)6/h16,20-21,23-28,37,39H,8-15,17-18H2,1-7H3,(H,40,41)(H,42,43)/t20?,21?,23?,24-,25?,26?,27?,28?,32+,33-,34-,35+,36+/m0/s1. The molecule has 0 aromatic heterocycles. The Morgan fingerprint density at radius 3 is 2.22 bits per heavy atom. The molecular weight excluding hydrogens is 576 g/mol. The molecule has 0 aromatic carbocycles. The molecule has 7 unspecified atom stereocenters. The highest BCUT2D eigenvalue weighted by Gasteiger charge is 2.70. The summed E-state index contributed by atoms with van der Waals surface area (Å²) in [5.41, 5.74) is -0.675. The number of ether oxygens (including phenoxy) is 2. The van der Waals surface area contributed by atoms with E-state index in [1.807, 2.05) is 13.0 Å². The Morgan fingerprint density at radius 2 is 1.58 bits per heavy atom. The summed E-state index contributed by atoms with van der Waals surface area (Å²) in [7, 11) is 0. The van der Waals surface area contributed by atoms with Gasteiger partial charge in [-0.05, 0) is 110 Å². The lowest BCUT2D eigenvalue weighted by atomic mass is 9.33. The molecule has 5 aliphatic carbocycles. The zero-order chi connectivity index (χ0) is 33.1. The van der Waals surface area contributed by atoms with Gasteiger partial charge in [0.2, 0.25) is 0 Å². The van der Waals surface area contributed by atoms with E-state index in [9.17, 15) is 34.8 Å². The number of allylic oxidation sites excluding steroid dienone is 2. The van der Waals surface area contributed by atoms with Gasteiger partial charge >= 0.3 is 11.9 Å². The second-order valence-corrected chi connectivity index (χ2v) is 17.7. The summed E-state index contributed by atoms with van der Waals surface area (Å²) in [6.45, 7) is 15.6. The second kappa shape index (κ2) is 10.3. The molecule has 45 heavy (non-hydrogen) atoms. The van der Waals surface area contributed by atoms with Crippen molar-refractivity contribution >= 4 is 17.7 Å². The van der Waals surface area contributed by atoms with E-state index in [-0.39, 0.29) is 63.1 Å². The van der Waals surface area contributed by atoms with Gasteiger partial charge in [0.1, 0.15) is 6.10 Å². The number of aliphatic hydroxyl groups is 2. The molecule has 252 valence electrons. The Bertz CT molecular complexity index is 1310. The average Bonchev–Trinajstić information content (AvgIpc) is 2.94. The zero-order valence-electron chi connectivity index (χ0n) is 28.1. The molecule has 13 atom stereocenters. The first-order chi connectivity index (χ1) is 20.7. The Kier molecular flexibility index (Phi) is 7.61. The van der Waals surface area contributed by atoms with Crippen LogP contribution in [0.5, 0.6) is 0 Å². The molecule has 1 aliphatic heterocycles. The van der Waals surface area contributed by atoms with Crippen molar-refractivity contribution < 1.29 is 44.3 Å². The van der Waals surface area contributed by atoms with Gasteiger partial charge in [-0.15, -0.1) is 0 Å². The van der Waals surface area contributed by atoms with Crippen LogP contribution >= 0.6 is 0 Å². The molecule has 0 aromatic rings. The summed E-state index contributed by atoms with van der Waals surface area (Å²) in [4.78, 5) is 38.6. The summed E-state index contributed by atoms with van der Waals surface area (Å²) in [5.74, 6) is -1.80. The third-order valence-electron chi connectivity index (χ3n) is 15.0. The van der Waals surface area contributed by atoms with Crippen LogP contribution in [0.15, 0.2) is 11.6 Å². The number of rotatable bonds is 4. The van der Waals surface area contributed by atoms with Crippen molar-refractivity contribution in [2.45, 2.75) is 143 Å². The largest absolute Gasteiger partial charge is 0.481 e. The van der Waals surface area contributed by atoms with Gasteiger partial charge in [-0.25, -0.2) is 4.79 Å². The summed E-state index contributed by atoms with van der Waals surface area (Å²) in [6, 6.07) is 0. The van der Waals surface area contributed by atoms with Crippen LogP contribution in [0.4, 0.5) is 0 Å². The van der Waals surface area contributed by atoms with Crippen LogP contribution < -0.4 is 0 Å². The fraction of sp³-hybridized carbons (Fsp3) is 0.861. The zero-order valence-corrected chi connectivity index (χ0v) is 28.1. The average molecular weight is 631 g/mol. The lowest BCUT2D eigenvalue weighted by Gasteiger charge is -2.70. The number of ketones is 1. The molecule has 0 bridgehead atoms. The normalized spacial score (nSPS) is 52.4. The van der Waals surface area contributed by atoms with Gasteiger partial charge < -0.3 is 29.9 Å². The van der Waals surface area contributed by atoms with Crippen molar-refractivity contribution in [3.05, 3.63) is 11.6 Å². The van der Waals surface area contributed by atoms with Gasteiger partial charge in [-0.1, -0.05) is 47.1 Å². The highest BCUT2D eigenvalue weighted by molar-refractivity contribution is 5.95. The minimum Gasteiger partial charge on any atom is -0.481 e. The number of carbonyl (C=O) groups excluding carboxylic acids is 1. The van der Waals surface area contributed by atoms with E-state index in [0.29, 0.717) is 19.3 Å². The van der Waals surface area contributed by atoms with E-state index in [4.69, 9.17) is 9.47 Å². The van der Waals surface area contributed by atoms with Crippen LogP contribution in [0.25, 0.3) is 0 Å².